The van der Waals surface area contributed by atoms with E-state index in [4.69, 9.17) is 16.3 Å². The Morgan fingerprint density at radius 1 is 1.44 bits per heavy atom. The monoisotopic (exact) mass is 528 g/mol. The van der Waals surface area contributed by atoms with Gasteiger partial charge in [0.15, 0.2) is 0 Å². The second-order valence-electron chi connectivity index (χ2n) is 8.91. The van der Waals surface area contributed by atoms with Crippen molar-refractivity contribution in [3.8, 4) is 0 Å². The summed E-state index contributed by atoms with van der Waals surface area (Å²) < 4.78 is 6.17. The molecule has 11 heteroatoms. The topological polar surface area (TPSA) is 109 Å². The molecule has 1 aliphatic rings. The van der Waals surface area contributed by atoms with Crippen molar-refractivity contribution < 1.29 is 19.6 Å². The minimum atomic E-state index is -0.662. The van der Waals surface area contributed by atoms with Crippen LogP contribution in [-0.2, 0) is 4.74 Å². The highest BCUT2D eigenvalue weighted by molar-refractivity contribution is 9.10. The van der Waals surface area contributed by atoms with Crippen LogP contribution in [0.2, 0.25) is 5.02 Å². The first-order valence-corrected chi connectivity index (χ1v) is 11.3. The lowest BCUT2D eigenvalue weighted by molar-refractivity contribution is -0.384. The third-order valence-corrected chi connectivity index (χ3v) is 6.95. The van der Waals surface area contributed by atoms with Gasteiger partial charge < -0.3 is 19.6 Å². The Kier molecular flexibility index (Phi) is 6.88. The molecule has 2 atom stereocenters. The van der Waals surface area contributed by atoms with Crippen molar-refractivity contribution in [3.05, 3.63) is 37.4 Å². The molecule has 0 unspecified atom stereocenters. The molecule has 32 heavy (non-hydrogen) atoms. The van der Waals surface area contributed by atoms with Crippen molar-refractivity contribution in [2.45, 2.75) is 52.3 Å². The molecule has 1 N–H and O–H groups in total. The highest BCUT2D eigenvalue weighted by Crippen LogP contribution is 2.42. The average Bonchev–Trinajstić information content (AvgIpc) is 2.69. The molecule has 174 valence electrons. The summed E-state index contributed by atoms with van der Waals surface area (Å²) in [5.41, 5.74) is 0.800. The normalized spacial score (nSPS) is 19.4. The quantitative estimate of drug-likeness (QED) is 0.454. The summed E-state index contributed by atoms with van der Waals surface area (Å²) in [7, 11) is 0. The van der Waals surface area contributed by atoms with Crippen LogP contribution in [0, 0.1) is 17.0 Å². The van der Waals surface area contributed by atoms with E-state index in [0.717, 1.165) is 5.56 Å². The summed E-state index contributed by atoms with van der Waals surface area (Å²) in [5.74, 6) is 0. The summed E-state index contributed by atoms with van der Waals surface area (Å²) in [5, 5.41) is 23.0. The summed E-state index contributed by atoms with van der Waals surface area (Å²) in [6.45, 7) is 9.12. The number of halogens is 2. The van der Waals surface area contributed by atoms with E-state index >= 15 is 0 Å². The fraction of sp³-hybridized carbons (Fsp3) is 0.524. The van der Waals surface area contributed by atoms with Gasteiger partial charge in [-0.1, -0.05) is 11.6 Å². The molecule has 9 nitrogen and oxygen atoms in total. The second kappa shape index (κ2) is 8.99. The summed E-state index contributed by atoms with van der Waals surface area (Å²) in [4.78, 5) is 31.7. The maximum atomic E-state index is 12.7. The number of pyridine rings is 1. The molecular formula is C21H26BrClN4O5. The lowest BCUT2D eigenvalue weighted by atomic mass is 10.0. The fourth-order valence-corrected chi connectivity index (χ4v) is 4.45. The number of amides is 1. The number of aromatic nitrogens is 1. The van der Waals surface area contributed by atoms with Crippen LogP contribution in [0.3, 0.4) is 0 Å². The van der Waals surface area contributed by atoms with Crippen LogP contribution in [0.5, 0.6) is 0 Å². The first-order chi connectivity index (χ1) is 14.9. The van der Waals surface area contributed by atoms with E-state index in [0.29, 0.717) is 26.1 Å². The number of benzene rings is 1. The predicted molar refractivity (Wildman–Crippen MR) is 126 cm³/mol. The number of hydrogen-bond acceptors (Lipinski definition) is 7. The third kappa shape index (κ3) is 4.62. The van der Waals surface area contributed by atoms with Crippen molar-refractivity contribution in [1.82, 2.24) is 9.88 Å². The molecule has 0 radical (unpaired) electrons. The lowest BCUT2D eigenvalue weighted by Crippen LogP contribution is -2.61. The van der Waals surface area contributed by atoms with Gasteiger partial charge in [-0.3, -0.25) is 10.1 Å². The maximum Gasteiger partial charge on any atom is 0.410 e. The smallest absolute Gasteiger partial charge is 0.410 e. The molecule has 0 spiro atoms. The summed E-state index contributed by atoms with van der Waals surface area (Å²) in [6.07, 6.45) is 0.740. The van der Waals surface area contributed by atoms with E-state index in [2.05, 4.69) is 20.9 Å². The number of nitro groups is 1. The maximum absolute atomic E-state index is 12.7. The van der Waals surface area contributed by atoms with Gasteiger partial charge in [-0.25, -0.2) is 9.78 Å². The third-order valence-electron chi connectivity index (χ3n) is 5.40. The van der Waals surface area contributed by atoms with E-state index < -0.39 is 22.7 Å². The van der Waals surface area contributed by atoms with Gasteiger partial charge in [0.05, 0.1) is 28.1 Å². The van der Waals surface area contributed by atoms with Gasteiger partial charge >= 0.3 is 11.8 Å². The Bertz CT molecular complexity index is 1070. The van der Waals surface area contributed by atoms with Crippen LogP contribution in [-0.4, -0.2) is 63.4 Å². The van der Waals surface area contributed by atoms with Gasteiger partial charge in [0, 0.05) is 29.0 Å². The molecule has 1 aliphatic heterocycles. The summed E-state index contributed by atoms with van der Waals surface area (Å²) in [6, 6.07) is 0.746. The average molecular weight is 530 g/mol. The van der Waals surface area contributed by atoms with E-state index in [9.17, 15) is 20.0 Å². The minimum absolute atomic E-state index is 0.150. The van der Waals surface area contributed by atoms with E-state index in [-0.39, 0.29) is 31.4 Å². The highest BCUT2D eigenvalue weighted by atomic mass is 79.9. The second-order valence-corrected chi connectivity index (χ2v) is 10.1. The van der Waals surface area contributed by atoms with Crippen LogP contribution in [0.25, 0.3) is 10.9 Å². The zero-order valence-corrected chi connectivity index (χ0v) is 20.9. The molecule has 1 fully saturated rings. The number of carbonyl (C=O) groups is 1. The molecule has 1 aromatic heterocycles. The molecule has 2 heterocycles. The first kappa shape index (κ1) is 24.5. The number of hydrogen-bond donors (Lipinski definition) is 1. The van der Waals surface area contributed by atoms with E-state index in [1.165, 1.54) is 6.20 Å². The molecule has 2 aromatic rings. The number of carbonyl (C=O) groups excluding carboxylic acids is 1. The van der Waals surface area contributed by atoms with Crippen molar-refractivity contribution in [2.75, 3.05) is 24.6 Å². The van der Waals surface area contributed by atoms with Gasteiger partial charge in [-0.05, 0) is 62.2 Å². The minimum Gasteiger partial charge on any atom is -0.444 e. The van der Waals surface area contributed by atoms with Crippen molar-refractivity contribution in [1.29, 1.82) is 0 Å². The number of aryl methyl sites for hydroxylation is 1. The van der Waals surface area contributed by atoms with Gasteiger partial charge in [0.1, 0.15) is 17.5 Å². The summed E-state index contributed by atoms with van der Waals surface area (Å²) >= 11 is 9.81. The Hall–Kier alpha value is -2.17. The van der Waals surface area contributed by atoms with Gasteiger partial charge in [0.2, 0.25) is 0 Å². The number of ether oxygens (including phenoxy) is 1. The molecule has 0 saturated carbocycles. The number of rotatable bonds is 3. The van der Waals surface area contributed by atoms with Gasteiger partial charge in [0.25, 0.3) is 0 Å². The lowest BCUT2D eigenvalue weighted by Gasteiger charge is -2.45. The fourth-order valence-electron chi connectivity index (χ4n) is 3.89. The number of piperazine rings is 1. The zero-order chi connectivity index (χ0) is 24.0. The SMILES string of the molecule is Cc1c(Br)c(Cl)cc2c(N3C[C@@H](C)N(C(=O)OC(C)(C)C)C[C@@H]3CO)c([N+](=O)[O-])cnc12. The van der Waals surface area contributed by atoms with Gasteiger partial charge in [-0.2, -0.15) is 0 Å². The largest absolute Gasteiger partial charge is 0.444 e. The standard InChI is InChI=1S/C21H26BrClN4O5/c1-11-8-26(13(10-28)9-25(11)20(29)32-21(3,4)5)19-14-6-15(23)17(22)12(2)18(14)24-7-16(19)27(30)31/h6-7,11,13,28H,8-10H2,1-5H3/t11-,13-/m1/s1. The number of fused-ring (bicyclic) bond motifs is 1. The van der Waals surface area contributed by atoms with E-state index in [1.54, 1.807) is 36.6 Å². The van der Waals surface area contributed by atoms with Gasteiger partial charge in [-0.15, -0.1) is 0 Å². The van der Waals surface area contributed by atoms with Crippen LogP contribution < -0.4 is 4.90 Å². The number of aliphatic hydroxyl groups is 1. The highest BCUT2D eigenvalue weighted by Gasteiger charge is 2.39. The molecular weight excluding hydrogens is 504 g/mol. The molecule has 3 rings (SSSR count). The number of anilines is 1. The predicted octanol–water partition coefficient (Wildman–Crippen LogP) is 4.67. The number of nitrogens with zero attached hydrogens (tertiary/aromatic N) is 4. The molecule has 1 amide bonds. The Morgan fingerprint density at radius 2 is 2.09 bits per heavy atom. The molecule has 0 bridgehead atoms. The van der Waals surface area contributed by atoms with Crippen molar-refractivity contribution in [3.63, 3.8) is 0 Å². The Balaban J connectivity index is 2.12. The zero-order valence-electron chi connectivity index (χ0n) is 18.6. The Morgan fingerprint density at radius 3 is 2.66 bits per heavy atom. The van der Waals surface area contributed by atoms with Crippen LogP contribution in [0.1, 0.15) is 33.3 Å². The van der Waals surface area contributed by atoms with E-state index in [1.807, 2.05) is 13.8 Å². The van der Waals surface area contributed by atoms with Crippen LogP contribution in [0.15, 0.2) is 16.7 Å². The van der Waals surface area contributed by atoms with Crippen molar-refractivity contribution in [2.24, 2.45) is 0 Å². The van der Waals surface area contributed by atoms with Crippen molar-refractivity contribution >= 4 is 55.9 Å². The molecule has 1 aromatic carbocycles. The first-order valence-electron chi connectivity index (χ1n) is 10.1. The molecule has 1 saturated heterocycles. The number of aliphatic hydroxyl groups excluding tert-OH is 1. The Labute approximate surface area is 199 Å². The molecule has 0 aliphatic carbocycles. The van der Waals surface area contributed by atoms with Crippen LogP contribution >= 0.6 is 27.5 Å². The van der Waals surface area contributed by atoms with Crippen LogP contribution in [0.4, 0.5) is 16.2 Å².